The maximum Gasteiger partial charge on any atom is 0.268 e. The molecular formula is C23H21N5O2. The van der Waals surface area contributed by atoms with Gasteiger partial charge < -0.3 is 14.3 Å². The van der Waals surface area contributed by atoms with Crippen LogP contribution in [0.25, 0.3) is 27.9 Å². The van der Waals surface area contributed by atoms with Crippen LogP contribution in [0.2, 0.25) is 0 Å². The van der Waals surface area contributed by atoms with E-state index < -0.39 is 0 Å². The van der Waals surface area contributed by atoms with Gasteiger partial charge in [-0.1, -0.05) is 18.2 Å². The summed E-state index contributed by atoms with van der Waals surface area (Å²) in [6.45, 7) is 4.58. The molecule has 7 heteroatoms. The fraction of sp³-hybridized carbons (Fsp3) is 0.174. The van der Waals surface area contributed by atoms with Crippen molar-refractivity contribution in [2.75, 3.05) is 0 Å². The van der Waals surface area contributed by atoms with Crippen LogP contribution in [-0.4, -0.2) is 25.0 Å². The fourth-order valence-corrected chi connectivity index (χ4v) is 3.96. The second-order valence-corrected chi connectivity index (χ2v) is 7.39. The Balaban J connectivity index is 1.74. The molecule has 0 unspecified atom stereocenters. The standard InChI is InChI=1S/C23H21N5O2/c1-15(2)27-18-9-4-3-8-17(18)21-19(27)13-20(28(21)23-24-10-6-11-25-23)22(29)26-14-16-7-5-12-30-16/h3-13,15H,14H2,1-2H3,(H,26,29). The Morgan fingerprint density at radius 1 is 1.07 bits per heavy atom. The van der Waals surface area contributed by atoms with E-state index in [1.807, 2.05) is 28.8 Å². The predicted molar refractivity (Wildman–Crippen MR) is 115 cm³/mol. The monoisotopic (exact) mass is 399 g/mol. The maximum atomic E-state index is 13.2. The number of carbonyl (C=O) groups is 1. The normalized spacial score (nSPS) is 11.6. The summed E-state index contributed by atoms with van der Waals surface area (Å²) in [6.07, 6.45) is 4.95. The number of rotatable bonds is 5. The van der Waals surface area contributed by atoms with Crippen LogP contribution in [-0.2, 0) is 6.54 Å². The molecule has 150 valence electrons. The number of fused-ring (bicyclic) bond motifs is 3. The minimum atomic E-state index is -0.213. The first-order valence-electron chi connectivity index (χ1n) is 9.87. The van der Waals surface area contributed by atoms with Gasteiger partial charge in [-0.15, -0.1) is 0 Å². The van der Waals surface area contributed by atoms with E-state index in [9.17, 15) is 4.79 Å². The Morgan fingerprint density at radius 3 is 2.60 bits per heavy atom. The Kier molecular flexibility index (Phi) is 4.35. The van der Waals surface area contributed by atoms with Crippen LogP contribution in [0.1, 0.15) is 36.1 Å². The van der Waals surface area contributed by atoms with Crippen LogP contribution in [0, 0.1) is 0 Å². The molecule has 1 amide bonds. The van der Waals surface area contributed by atoms with Gasteiger partial charge in [0.05, 0.1) is 29.4 Å². The highest BCUT2D eigenvalue weighted by atomic mass is 16.3. The topological polar surface area (TPSA) is 77.9 Å². The molecule has 0 atom stereocenters. The lowest BCUT2D eigenvalue weighted by atomic mass is 10.2. The van der Waals surface area contributed by atoms with Crippen LogP contribution in [0.4, 0.5) is 0 Å². The third-order valence-corrected chi connectivity index (χ3v) is 5.16. The van der Waals surface area contributed by atoms with Crippen molar-refractivity contribution >= 4 is 27.8 Å². The fourth-order valence-electron chi connectivity index (χ4n) is 3.96. The molecule has 0 radical (unpaired) electrons. The van der Waals surface area contributed by atoms with Gasteiger partial charge in [0, 0.05) is 23.8 Å². The molecule has 0 aliphatic carbocycles. The van der Waals surface area contributed by atoms with E-state index in [2.05, 4.69) is 45.8 Å². The van der Waals surface area contributed by atoms with Crippen molar-refractivity contribution in [3.05, 3.63) is 78.6 Å². The lowest BCUT2D eigenvalue weighted by molar-refractivity contribution is 0.0941. The molecule has 0 saturated carbocycles. The molecule has 5 rings (SSSR count). The summed E-state index contributed by atoms with van der Waals surface area (Å²) in [6, 6.07) is 15.7. The highest BCUT2D eigenvalue weighted by Gasteiger charge is 2.24. The first-order valence-corrected chi connectivity index (χ1v) is 9.87. The summed E-state index contributed by atoms with van der Waals surface area (Å²) >= 11 is 0. The van der Waals surface area contributed by atoms with Crippen molar-refractivity contribution in [1.82, 2.24) is 24.4 Å². The van der Waals surface area contributed by atoms with E-state index in [1.54, 1.807) is 30.8 Å². The smallest absolute Gasteiger partial charge is 0.268 e. The summed E-state index contributed by atoms with van der Waals surface area (Å²) in [5.74, 6) is 0.941. The zero-order valence-corrected chi connectivity index (χ0v) is 16.7. The lowest BCUT2D eigenvalue weighted by Gasteiger charge is -2.11. The van der Waals surface area contributed by atoms with Crippen molar-refractivity contribution in [3.8, 4) is 5.95 Å². The van der Waals surface area contributed by atoms with Crippen molar-refractivity contribution in [3.63, 3.8) is 0 Å². The quantitative estimate of drug-likeness (QED) is 0.473. The van der Waals surface area contributed by atoms with E-state index in [0.29, 0.717) is 23.9 Å². The van der Waals surface area contributed by atoms with Crippen LogP contribution in [0.5, 0.6) is 0 Å². The van der Waals surface area contributed by atoms with E-state index in [1.165, 1.54) is 0 Å². The molecule has 4 heterocycles. The molecule has 4 aromatic heterocycles. The van der Waals surface area contributed by atoms with Gasteiger partial charge in [0.1, 0.15) is 11.5 Å². The minimum Gasteiger partial charge on any atom is -0.467 e. The summed E-state index contributed by atoms with van der Waals surface area (Å²) < 4.78 is 9.42. The molecule has 0 aliphatic rings. The maximum absolute atomic E-state index is 13.2. The number of hydrogen-bond donors (Lipinski definition) is 1. The number of carbonyl (C=O) groups excluding carboxylic acids is 1. The molecule has 0 fully saturated rings. The third kappa shape index (κ3) is 2.86. The molecule has 0 aliphatic heterocycles. The van der Waals surface area contributed by atoms with Crippen LogP contribution in [0.15, 0.2) is 71.6 Å². The van der Waals surface area contributed by atoms with Crippen molar-refractivity contribution in [2.45, 2.75) is 26.4 Å². The van der Waals surface area contributed by atoms with E-state index in [-0.39, 0.29) is 11.9 Å². The number of para-hydroxylation sites is 1. The van der Waals surface area contributed by atoms with Crippen molar-refractivity contribution < 1.29 is 9.21 Å². The number of benzene rings is 1. The Morgan fingerprint density at radius 2 is 1.87 bits per heavy atom. The highest BCUT2D eigenvalue weighted by molar-refractivity contribution is 6.11. The van der Waals surface area contributed by atoms with Gasteiger partial charge in [0.15, 0.2) is 0 Å². The van der Waals surface area contributed by atoms with E-state index >= 15 is 0 Å². The Bertz CT molecular complexity index is 1330. The first-order chi connectivity index (χ1) is 14.6. The molecule has 1 N–H and O–H groups in total. The van der Waals surface area contributed by atoms with E-state index in [0.717, 1.165) is 21.9 Å². The van der Waals surface area contributed by atoms with Gasteiger partial charge in [0.25, 0.3) is 5.91 Å². The SMILES string of the molecule is CC(C)n1c2ccccc2c2c1cc(C(=O)NCc1ccco1)n2-c1ncccn1. The lowest BCUT2D eigenvalue weighted by Crippen LogP contribution is -2.25. The van der Waals surface area contributed by atoms with Gasteiger partial charge in [0.2, 0.25) is 5.95 Å². The van der Waals surface area contributed by atoms with Gasteiger partial charge in [-0.05, 0) is 44.2 Å². The molecule has 30 heavy (non-hydrogen) atoms. The average molecular weight is 399 g/mol. The molecule has 0 bridgehead atoms. The number of furan rings is 1. The van der Waals surface area contributed by atoms with Crippen LogP contribution >= 0.6 is 0 Å². The van der Waals surface area contributed by atoms with Crippen molar-refractivity contribution in [1.29, 1.82) is 0 Å². The van der Waals surface area contributed by atoms with E-state index in [4.69, 9.17) is 4.42 Å². The summed E-state index contributed by atoms with van der Waals surface area (Å²) in [5.41, 5.74) is 3.50. The number of nitrogens with zero attached hydrogens (tertiary/aromatic N) is 4. The number of nitrogens with one attached hydrogen (secondary N) is 1. The Hall–Kier alpha value is -3.87. The zero-order chi connectivity index (χ0) is 20.7. The summed E-state index contributed by atoms with van der Waals surface area (Å²) in [5, 5.41) is 4.00. The minimum absolute atomic E-state index is 0.213. The number of amides is 1. The molecule has 0 spiro atoms. The van der Waals surface area contributed by atoms with Crippen molar-refractivity contribution in [2.24, 2.45) is 0 Å². The summed E-state index contributed by atoms with van der Waals surface area (Å²) in [4.78, 5) is 22.0. The third-order valence-electron chi connectivity index (χ3n) is 5.16. The zero-order valence-electron chi connectivity index (χ0n) is 16.7. The first kappa shape index (κ1) is 18.2. The molecular weight excluding hydrogens is 378 g/mol. The number of hydrogen-bond acceptors (Lipinski definition) is 4. The second kappa shape index (κ2) is 7.18. The van der Waals surface area contributed by atoms with Gasteiger partial charge in [-0.25, -0.2) is 9.97 Å². The Labute approximate surface area is 173 Å². The van der Waals surface area contributed by atoms with Crippen LogP contribution in [0.3, 0.4) is 0 Å². The molecule has 0 saturated heterocycles. The van der Waals surface area contributed by atoms with Gasteiger partial charge >= 0.3 is 0 Å². The molecule has 7 nitrogen and oxygen atoms in total. The summed E-state index contributed by atoms with van der Waals surface area (Å²) in [7, 11) is 0. The second-order valence-electron chi connectivity index (χ2n) is 7.39. The van der Waals surface area contributed by atoms with Gasteiger partial charge in [-0.2, -0.15) is 0 Å². The number of aromatic nitrogens is 4. The van der Waals surface area contributed by atoms with Gasteiger partial charge in [-0.3, -0.25) is 9.36 Å². The molecule has 5 aromatic rings. The predicted octanol–water partition coefficient (Wildman–Crippen LogP) is 4.48. The van der Waals surface area contributed by atoms with Crippen LogP contribution < -0.4 is 5.32 Å². The molecule has 1 aromatic carbocycles. The highest BCUT2D eigenvalue weighted by Crippen LogP contribution is 2.35. The largest absolute Gasteiger partial charge is 0.467 e. The average Bonchev–Trinajstić information content (AvgIpc) is 3.47.